The standard InChI is InChI=1S/C14H16BrClN2OS/c1-4-19-13-11(15)5-10(16)6-12(13)18-9(3)14-8(2)17-7-20-14/h5-7,9,18H,4H2,1-3H3. The number of halogens is 2. The molecule has 1 unspecified atom stereocenters. The summed E-state index contributed by atoms with van der Waals surface area (Å²) in [5.74, 6) is 0.783. The fraction of sp³-hybridized carbons (Fsp3) is 0.357. The van der Waals surface area contributed by atoms with Crippen molar-refractivity contribution in [3.8, 4) is 5.75 Å². The van der Waals surface area contributed by atoms with Gasteiger partial charge in [-0.25, -0.2) is 4.98 Å². The summed E-state index contributed by atoms with van der Waals surface area (Å²) in [6.07, 6.45) is 0. The molecule has 2 aromatic rings. The van der Waals surface area contributed by atoms with Crippen LogP contribution < -0.4 is 10.1 Å². The van der Waals surface area contributed by atoms with E-state index >= 15 is 0 Å². The maximum Gasteiger partial charge on any atom is 0.156 e. The summed E-state index contributed by atoms with van der Waals surface area (Å²) in [5.41, 5.74) is 3.79. The van der Waals surface area contributed by atoms with Crippen molar-refractivity contribution in [1.82, 2.24) is 4.98 Å². The Morgan fingerprint density at radius 1 is 1.50 bits per heavy atom. The molecular formula is C14H16BrClN2OS. The van der Waals surface area contributed by atoms with Crippen molar-refractivity contribution < 1.29 is 4.74 Å². The number of hydrogen-bond acceptors (Lipinski definition) is 4. The quantitative estimate of drug-likeness (QED) is 0.755. The van der Waals surface area contributed by atoms with E-state index in [-0.39, 0.29) is 6.04 Å². The number of aromatic nitrogens is 1. The third-order valence-corrected chi connectivity index (χ3v) is 4.77. The number of rotatable bonds is 5. The highest BCUT2D eigenvalue weighted by Gasteiger charge is 2.15. The maximum absolute atomic E-state index is 6.13. The molecule has 1 heterocycles. The van der Waals surface area contributed by atoms with Crippen LogP contribution in [0, 0.1) is 6.92 Å². The summed E-state index contributed by atoms with van der Waals surface area (Å²) < 4.78 is 6.54. The van der Waals surface area contributed by atoms with Gasteiger partial charge in [-0.1, -0.05) is 11.6 Å². The van der Waals surface area contributed by atoms with Crippen molar-refractivity contribution in [1.29, 1.82) is 0 Å². The van der Waals surface area contributed by atoms with Gasteiger partial charge in [-0.15, -0.1) is 11.3 Å². The first-order chi connectivity index (χ1) is 9.52. The molecule has 0 saturated carbocycles. The summed E-state index contributed by atoms with van der Waals surface area (Å²) >= 11 is 11.3. The minimum Gasteiger partial charge on any atom is -0.491 e. The van der Waals surface area contributed by atoms with Gasteiger partial charge in [0.15, 0.2) is 5.75 Å². The van der Waals surface area contributed by atoms with Crippen LogP contribution in [0.25, 0.3) is 0 Å². The van der Waals surface area contributed by atoms with Crippen molar-refractivity contribution in [2.45, 2.75) is 26.8 Å². The van der Waals surface area contributed by atoms with Gasteiger partial charge in [-0.3, -0.25) is 0 Å². The van der Waals surface area contributed by atoms with Crippen molar-refractivity contribution in [3.05, 3.63) is 37.7 Å². The molecule has 6 heteroatoms. The van der Waals surface area contributed by atoms with Crippen LogP contribution in [-0.2, 0) is 0 Å². The number of benzene rings is 1. The first-order valence-electron chi connectivity index (χ1n) is 6.31. The summed E-state index contributed by atoms with van der Waals surface area (Å²) in [4.78, 5) is 5.50. The number of nitrogens with one attached hydrogen (secondary N) is 1. The number of ether oxygens (including phenoxy) is 1. The Hall–Kier alpha value is -0.780. The molecule has 20 heavy (non-hydrogen) atoms. The zero-order valence-electron chi connectivity index (χ0n) is 11.5. The van der Waals surface area contributed by atoms with Gasteiger partial charge in [-0.05, 0) is 48.8 Å². The van der Waals surface area contributed by atoms with Gasteiger partial charge < -0.3 is 10.1 Å². The average Bonchev–Trinajstić information content (AvgIpc) is 2.80. The summed E-state index contributed by atoms with van der Waals surface area (Å²) in [7, 11) is 0. The van der Waals surface area contributed by atoms with Crippen molar-refractivity contribution in [2.75, 3.05) is 11.9 Å². The second-order valence-corrected chi connectivity index (χ2v) is 6.54. The molecular weight excluding hydrogens is 360 g/mol. The van der Waals surface area contributed by atoms with Crippen LogP contribution in [-0.4, -0.2) is 11.6 Å². The van der Waals surface area contributed by atoms with Crippen molar-refractivity contribution >= 4 is 44.6 Å². The van der Waals surface area contributed by atoms with Crippen molar-refractivity contribution in [3.63, 3.8) is 0 Å². The third-order valence-electron chi connectivity index (χ3n) is 2.84. The average molecular weight is 376 g/mol. The molecule has 0 aliphatic carbocycles. The number of hydrogen-bond donors (Lipinski definition) is 1. The lowest BCUT2D eigenvalue weighted by atomic mass is 10.2. The predicted octanol–water partition coefficient (Wildman–Crippen LogP) is 5.44. The monoisotopic (exact) mass is 374 g/mol. The number of anilines is 1. The minimum absolute atomic E-state index is 0.145. The van der Waals surface area contributed by atoms with E-state index in [9.17, 15) is 0 Å². The molecule has 1 N–H and O–H groups in total. The number of aryl methyl sites for hydroxylation is 1. The molecule has 1 aromatic heterocycles. The Kier molecular flexibility index (Phi) is 5.29. The largest absolute Gasteiger partial charge is 0.491 e. The van der Waals surface area contributed by atoms with Crippen LogP contribution in [0.3, 0.4) is 0 Å². The third kappa shape index (κ3) is 3.45. The molecule has 0 spiro atoms. The zero-order valence-corrected chi connectivity index (χ0v) is 14.7. The highest BCUT2D eigenvalue weighted by molar-refractivity contribution is 9.10. The summed E-state index contributed by atoms with van der Waals surface area (Å²) in [5, 5.41) is 4.11. The van der Waals surface area contributed by atoms with E-state index in [0.717, 1.165) is 21.6 Å². The molecule has 0 saturated heterocycles. The van der Waals surface area contributed by atoms with Crippen LogP contribution in [0.15, 0.2) is 22.1 Å². The Morgan fingerprint density at radius 3 is 2.85 bits per heavy atom. The van der Waals surface area contributed by atoms with E-state index in [1.165, 1.54) is 4.88 Å². The lowest BCUT2D eigenvalue weighted by Gasteiger charge is -2.19. The lowest BCUT2D eigenvalue weighted by Crippen LogP contribution is -2.08. The SMILES string of the molecule is CCOc1c(Br)cc(Cl)cc1NC(C)c1scnc1C. The van der Waals surface area contributed by atoms with Crippen LogP contribution >= 0.6 is 38.9 Å². The zero-order chi connectivity index (χ0) is 14.7. The molecule has 2 rings (SSSR count). The Bertz CT molecular complexity index is 603. The van der Waals surface area contributed by atoms with Crippen LogP contribution in [0.4, 0.5) is 5.69 Å². The van der Waals surface area contributed by atoms with Crippen molar-refractivity contribution in [2.24, 2.45) is 0 Å². The Balaban J connectivity index is 2.30. The summed E-state index contributed by atoms with van der Waals surface area (Å²) in [6, 6.07) is 3.86. The highest BCUT2D eigenvalue weighted by Crippen LogP contribution is 2.38. The lowest BCUT2D eigenvalue weighted by molar-refractivity contribution is 0.339. The molecule has 0 fully saturated rings. The van der Waals surface area contributed by atoms with Gasteiger partial charge in [0.25, 0.3) is 0 Å². The molecule has 108 valence electrons. The second-order valence-electron chi connectivity index (χ2n) is 4.37. The molecule has 1 atom stereocenters. The van der Waals surface area contributed by atoms with Gasteiger partial charge in [-0.2, -0.15) is 0 Å². The van der Waals surface area contributed by atoms with Gasteiger partial charge in [0.05, 0.1) is 34.0 Å². The normalized spacial score (nSPS) is 12.2. The minimum atomic E-state index is 0.145. The van der Waals surface area contributed by atoms with E-state index in [1.54, 1.807) is 11.3 Å². The van der Waals surface area contributed by atoms with E-state index in [0.29, 0.717) is 11.6 Å². The molecule has 3 nitrogen and oxygen atoms in total. The molecule has 1 aromatic carbocycles. The van der Waals surface area contributed by atoms with Crippen LogP contribution in [0.1, 0.15) is 30.5 Å². The molecule has 0 amide bonds. The van der Waals surface area contributed by atoms with E-state index in [2.05, 4.69) is 33.2 Å². The summed E-state index contributed by atoms with van der Waals surface area (Å²) in [6.45, 7) is 6.68. The smallest absolute Gasteiger partial charge is 0.156 e. The molecule has 0 aliphatic rings. The fourth-order valence-electron chi connectivity index (χ4n) is 1.98. The van der Waals surface area contributed by atoms with E-state index < -0.39 is 0 Å². The molecule has 0 radical (unpaired) electrons. The van der Waals surface area contributed by atoms with Gasteiger partial charge in [0.1, 0.15) is 0 Å². The van der Waals surface area contributed by atoms with Gasteiger partial charge in [0.2, 0.25) is 0 Å². The Morgan fingerprint density at radius 2 is 2.25 bits per heavy atom. The molecule has 0 bridgehead atoms. The topological polar surface area (TPSA) is 34.1 Å². The van der Waals surface area contributed by atoms with Crippen LogP contribution in [0.5, 0.6) is 5.75 Å². The predicted molar refractivity (Wildman–Crippen MR) is 89.2 cm³/mol. The van der Waals surface area contributed by atoms with E-state index in [4.69, 9.17) is 16.3 Å². The first kappa shape index (κ1) is 15.6. The van der Waals surface area contributed by atoms with Gasteiger partial charge in [0, 0.05) is 9.90 Å². The first-order valence-corrected chi connectivity index (χ1v) is 8.36. The van der Waals surface area contributed by atoms with Gasteiger partial charge >= 0.3 is 0 Å². The number of thiazole rings is 1. The second kappa shape index (κ2) is 6.78. The Labute approximate surface area is 136 Å². The van der Waals surface area contributed by atoms with E-state index in [1.807, 2.05) is 31.5 Å². The van der Waals surface area contributed by atoms with Crippen LogP contribution in [0.2, 0.25) is 5.02 Å². The fourth-order valence-corrected chi connectivity index (χ4v) is 3.72. The number of nitrogens with zero attached hydrogens (tertiary/aromatic N) is 1. The molecule has 0 aliphatic heterocycles. The maximum atomic E-state index is 6.13. The highest BCUT2D eigenvalue weighted by atomic mass is 79.9.